The fourth-order valence-electron chi connectivity index (χ4n) is 2.08. The molecule has 1 N–H and O–H groups in total. The maximum atomic E-state index is 13.5. The second-order valence-electron chi connectivity index (χ2n) is 4.58. The fraction of sp³-hybridized carbons (Fsp3) is 0.500. The molecule has 1 aliphatic rings. The lowest BCUT2D eigenvalue weighted by Gasteiger charge is -2.16. The highest BCUT2D eigenvalue weighted by atomic mass is 19.4. The summed E-state index contributed by atoms with van der Waals surface area (Å²) in [6.45, 7) is 1.56. The summed E-state index contributed by atoms with van der Waals surface area (Å²) in [4.78, 5) is 2.04. The lowest BCUT2D eigenvalue weighted by Crippen LogP contribution is -2.24. The average molecular weight is 262 g/mol. The molecule has 6 heteroatoms. The van der Waals surface area contributed by atoms with E-state index in [2.05, 4.69) is 5.32 Å². The van der Waals surface area contributed by atoms with E-state index >= 15 is 0 Å². The quantitative estimate of drug-likeness (QED) is 0.824. The number of hydrogen-bond donors (Lipinski definition) is 1. The van der Waals surface area contributed by atoms with Gasteiger partial charge in [0.05, 0.1) is 11.3 Å². The first-order chi connectivity index (χ1) is 8.36. The van der Waals surface area contributed by atoms with E-state index in [1.165, 1.54) is 0 Å². The Labute approximate surface area is 103 Å². The van der Waals surface area contributed by atoms with Gasteiger partial charge in [-0.2, -0.15) is 13.2 Å². The van der Waals surface area contributed by atoms with Gasteiger partial charge in [0, 0.05) is 12.6 Å². The molecule has 0 saturated carbocycles. The Hall–Kier alpha value is -1.30. The van der Waals surface area contributed by atoms with E-state index in [1.54, 1.807) is 0 Å². The SMILES string of the molecule is CN1CCC(Nc2cc(C(F)(F)F)ccc2F)C1. The smallest absolute Gasteiger partial charge is 0.379 e. The predicted octanol–water partition coefficient (Wildman–Crippen LogP) is 2.96. The standard InChI is InChI=1S/C12H14F4N2/c1-18-5-4-9(7-18)17-11-6-8(12(14,15)16)2-3-10(11)13/h2-3,6,9,17H,4-5,7H2,1H3. The second-order valence-corrected chi connectivity index (χ2v) is 4.58. The molecule has 0 aromatic heterocycles. The van der Waals surface area contributed by atoms with Crippen molar-refractivity contribution in [1.82, 2.24) is 4.90 Å². The predicted molar refractivity (Wildman–Crippen MR) is 60.9 cm³/mol. The van der Waals surface area contributed by atoms with Crippen molar-refractivity contribution in [1.29, 1.82) is 0 Å². The first kappa shape index (κ1) is 13.1. The third-order valence-electron chi connectivity index (χ3n) is 3.04. The third-order valence-corrected chi connectivity index (χ3v) is 3.04. The lowest BCUT2D eigenvalue weighted by molar-refractivity contribution is -0.137. The van der Waals surface area contributed by atoms with Gasteiger partial charge in [-0.3, -0.25) is 0 Å². The molecule has 18 heavy (non-hydrogen) atoms. The van der Waals surface area contributed by atoms with Crippen LogP contribution in [0.15, 0.2) is 18.2 Å². The normalized spacial score (nSPS) is 21.3. The maximum Gasteiger partial charge on any atom is 0.416 e. The van der Waals surface area contributed by atoms with Crippen LogP contribution in [0.3, 0.4) is 0 Å². The second kappa shape index (κ2) is 4.76. The number of nitrogens with zero attached hydrogens (tertiary/aromatic N) is 1. The van der Waals surface area contributed by atoms with E-state index in [0.29, 0.717) is 6.54 Å². The summed E-state index contributed by atoms with van der Waals surface area (Å²) in [5, 5.41) is 2.84. The number of anilines is 1. The van der Waals surface area contributed by atoms with Gasteiger partial charge in [-0.1, -0.05) is 0 Å². The molecule has 0 bridgehead atoms. The molecule has 1 unspecified atom stereocenters. The minimum Gasteiger partial charge on any atom is -0.379 e. The van der Waals surface area contributed by atoms with Crippen LogP contribution in [-0.4, -0.2) is 31.1 Å². The molecular weight excluding hydrogens is 248 g/mol. The Morgan fingerprint density at radius 3 is 2.61 bits per heavy atom. The molecular formula is C12H14F4N2. The van der Waals surface area contributed by atoms with E-state index in [9.17, 15) is 17.6 Å². The van der Waals surface area contributed by atoms with Crippen molar-refractivity contribution in [3.63, 3.8) is 0 Å². The van der Waals surface area contributed by atoms with Crippen molar-refractivity contribution in [2.75, 3.05) is 25.5 Å². The maximum absolute atomic E-state index is 13.5. The van der Waals surface area contributed by atoms with E-state index < -0.39 is 17.6 Å². The lowest BCUT2D eigenvalue weighted by atomic mass is 10.1. The molecule has 0 aliphatic carbocycles. The minimum atomic E-state index is -4.45. The van der Waals surface area contributed by atoms with E-state index in [1.807, 2.05) is 11.9 Å². The van der Waals surface area contributed by atoms with E-state index in [-0.39, 0.29) is 11.7 Å². The number of rotatable bonds is 2. The van der Waals surface area contributed by atoms with Gasteiger partial charge in [0.15, 0.2) is 0 Å². The number of benzene rings is 1. The van der Waals surface area contributed by atoms with Crippen molar-refractivity contribution in [3.05, 3.63) is 29.6 Å². The zero-order chi connectivity index (χ0) is 13.3. The summed E-state index contributed by atoms with van der Waals surface area (Å²) >= 11 is 0. The molecule has 0 radical (unpaired) electrons. The number of hydrogen-bond acceptors (Lipinski definition) is 2. The molecule has 2 rings (SSSR count). The largest absolute Gasteiger partial charge is 0.416 e. The van der Waals surface area contributed by atoms with Gasteiger partial charge in [-0.25, -0.2) is 4.39 Å². The van der Waals surface area contributed by atoms with Crippen LogP contribution in [0.4, 0.5) is 23.2 Å². The van der Waals surface area contributed by atoms with E-state index in [0.717, 1.165) is 31.2 Å². The Morgan fingerprint density at radius 1 is 1.33 bits per heavy atom. The van der Waals surface area contributed by atoms with Gasteiger partial charge in [0.25, 0.3) is 0 Å². The number of alkyl halides is 3. The third kappa shape index (κ3) is 2.93. The monoisotopic (exact) mass is 262 g/mol. The van der Waals surface area contributed by atoms with Gasteiger partial charge in [0.1, 0.15) is 5.82 Å². The van der Waals surface area contributed by atoms with Crippen molar-refractivity contribution in [2.24, 2.45) is 0 Å². The highest BCUT2D eigenvalue weighted by molar-refractivity contribution is 5.49. The summed E-state index contributed by atoms with van der Waals surface area (Å²) in [5.74, 6) is -0.655. The van der Waals surface area contributed by atoms with Gasteiger partial charge in [0.2, 0.25) is 0 Å². The fourth-order valence-corrected chi connectivity index (χ4v) is 2.08. The zero-order valence-electron chi connectivity index (χ0n) is 9.89. The Bertz CT molecular complexity index is 431. The molecule has 1 aromatic rings. The van der Waals surface area contributed by atoms with Crippen LogP contribution < -0.4 is 5.32 Å². The first-order valence-electron chi connectivity index (χ1n) is 5.68. The summed E-state index contributed by atoms with van der Waals surface area (Å²) in [6, 6.07) is 2.42. The minimum absolute atomic E-state index is 0.00650. The van der Waals surface area contributed by atoms with Crippen LogP contribution in [-0.2, 0) is 6.18 Å². The van der Waals surface area contributed by atoms with Crippen LogP contribution in [0.1, 0.15) is 12.0 Å². The van der Waals surface area contributed by atoms with Crippen LogP contribution >= 0.6 is 0 Å². The molecule has 1 aliphatic heterocycles. The molecule has 1 saturated heterocycles. The number of nitrogens with one attached hydrogen (secondary N) is 1. The van der Waals surface area contributed by atoms with Crippen molar-refractivity contribution >= 4 is 5.69 Å². The summed E-state index contributed by atoms with van der Waals surface area (Å²) in [7, 11) is 1.92. The highest BCUT2D eigenvalue weighted by Gasteiger charge is 2.31. The summed E-state index contributed by atoms with van der Waals surface area (Å²) < 4.78 is 51.0. The van der Waals surface area contributed by atoms with Crippen LogP contribution in [0, 0.1) is 5.82 Å². The number of likely N-dealkylation sites (N-methyl/N-ethyl adjacent to an activating group) is 1. The first-order valence-corrected chi connectivity index (χ1v) is 5.68. The average Bonchev–Trinajstić information content (AvgIpc) is 2.66. The van der Waals surface area contributed by atoms with Gasteiger partial charge >= 0.3 is 6.18 Å². The van der Waals surface area contributed by atoms with Gasteiger partial charge in [-0.05, 0) is 38.2 Å². The van der Waals surface area contributed by atoms with Crippen molar-refractivity contribution in [2.45, 2.75) is 18.6 Å². The number of halogens is 4. The van der Waals surface area contributed by atoms with E-state index in [4.69, 9.17) is 0 Å². The summed E-state index contributed by atoms with van der Waals surface area (Å²) in [6.07, 6.45) is -3.65. The van der Waals surface area contributed by atoms with Crippen molar-refractivity contribution in [3.8, 4) is 0 Å². The number of likely N-dealkylation sites (tertiary alicyclic amines) is 1. The topological polar surface area (TPSA) is 15.3 Å². The van der Waals surface area contributed by atoms with Gasteiger partial charge in [-0.15, -0.1) is 0 Å². The summed E-state index contributed by atoms with van der Waals surface area (Å²) in [5.41, 5.74) is -0.914. The Kier molecular flexibility index (Phi) is 3.47. The molecule has 1 fully saturated rings. The van der Waals surface area contributed by atoms with Crippen LogP contribution in [0.5, 0.6) is 0 Å². The molecule has 1 atom stereocenters. The van der Waals surface area contributed by atoms with Crippen LogP contribution in [0.25, 0.3) is 0 Å². The molecule has 0 spiro atoms. The molecule has 0 amide bonds. The molecule has 1 heterocycles. The zero-order valence-corrected chi connectivity index (χ0v) is 9.89. The molecule has 2 nitrogen and oxygen atoms in total. The van der Waals surface area contributed by atoms with Gasteiger partial charge < -0.3 is 10.2 Å². The van der Waals surface area contributed by atoms with Crippen molar-refractivity contribution < 1.29 is 17.6 Å². The van der Waals surface area contributed by atoms with Crippen LogP contribution in [0.2, 0.25) is 0 Å². The highest BCUT2D eigenvalue weighted by Crippen LogP contribution is 2.32. The Morgan fingerprint density at radius 2 is 2.06 bits per heavy atom. The molecule has 1 aromatic carbocycles. The Balaban J connectivity index is 2.16. The molecule has 100 valence electrons.